The van der Waals surface area contributed by atoms with E-state index in [9.17, 15) is 4.79 Å². The van der Waals surface area contributed by atoms with Gasteiger partial charge < -0.3 is 9.32 Å². The molecular formula is C22H23N5O3. The maximum atomic E-state index is 12.5. The van der Waals surface area contributed by atoms with E-state index in [2.05, 4.69) is 32.6 Å². The van der Waals surface area contributed by atoms with Gasteiger partial charge in [0.15, 0.2) is 0 Å². The van der Waals surface area contributed by atoms with Gasteiger partial charge in [-0.3, -0.25) is 4.79 Å². The van der Waals surface area contributed by atoms with E-state index in [1.165, 1.54) is 5.56 Å². The standard InChI is InChI=1S/C22H23N5O3/c1-27(15-17-10-11-18-19(14-17)26-30-25-18)22(28)13-12-21-24-23-20(29-21)9-5-8-16-6-3-2-4-7-16/h2-4,6-7,10-11,14H,5,8-9,12-13,15H2,1H3. The molecule has 30 heavy (non-hydrogen) atoms. The summed E-state index contributed by atoms with van der Waals surface area (Å²) in [5.74, 6) is 1.13. The quantitative estimate of drug-likeness (QED) is 0.421. The lowest BCUT2D eigenvalue weighted by atomic mass is 10.1. The fourth-order valence-electron chi connectivity index (χ4n) is 3.27. The van der Waals surface area contributed by atoms with E-state index in [1.807, 2.05) is 36.4 Å². The molecule has 8 heteroatoms. The van der Waals surface area contributed by atoms with Crippen molar-refractivity contribution in [3.05, 3.63) is 71.4 Å². The molecule has 2 aromatic heterocycles. The van der Waals surface area contributed by atoms with Crippen molar-refractivity contribution in [3.8, 4) is 0 Å². The number of nitrogens with zero attached hydrogens (tertiary/aromatic N) is 5. The second kappa shape index (κ2) is 9.30. The molecule has 0 spiro atoms. The zero-order valence-corrected chi connectivity index (χ0v) is 16.8. The van der Waals surface area contributed by atoms with Crippen molar-refractivity contribution in [2.45, 2.75) is 38.6 Å². The maximum absolute atomic E-state index is 12.5. The lowest BCUT2D eigenvalue weighted by Gasteiger charge is -2.16. The summed E-state index contributed by atoms with van der Waals surface area (Å²) in [6.45, 7) is 0.482. The number of benzene rings is 2. The molecule has 0 unspecified atom stereocenters. The number of rotatable bonds is 9. The highest BCUT2D eigenvalue weighted by molar-refractivity contribution is 5.77. The lowest BCUT2D eigenvalue weighted by molar-refractivity contribution is -0.130. The summed E-state index contributed by atoms with van der Waals surface area (Å²) in [6, 6.07) is 15.9. The predicted molar refractivity (Wildman–Crippen MR) is 109 cm³/mol. The first-order valence-electron chi connectivity index (χ1n) is 9.98. The van der Waals surface area contributed by atoms with Crippen LogP contribution in [0, 0.1) is 0 Å². The van der Waals surface area contributed by atoms with E-state index in [0.29, 0.717) is 42.2 Å². The van der Waals surface area contributed by atoms with Gasteiger partial charge in [-0.2, -0.15) is 0 Å². The summed E-state index contributed by atoms with van der Waals surface area (Å²) in [5, 5.41) is 15.8. The minimum Gasteiger partial charge on any atom is -0.425 e. The molecule has 8 nitrogen and oxygen atoms in total. The smallest absolute Gasteiger partial charge is 0.223 e. The van der Waals surface area contributed by atoms with Crippen molar-refractivity contribution in [1.29, 1.82) is 0 Å². The second-order valence-electron chi connectivity index (χ2n) is 7.27. The molecule has 0 aliphatic heterocycles. The summed E-state index contributed by atoms with van der Waals surface area (Å²) in [6.07, 6.45) is 3.39. The van der Waals surface area contributed by atoms with Crippen molar-refractivity contribution in [1.82, 2.24) is 25.4 Å². The molecule has 4 aromatic rings. The van der Waals surface area contributed by atoms with Gasteiger partial charge in [0.05, 0.1) is 0 Å². The summed E-state index contributed by atoms with van der Waals surface area (Å²) in [7, 11) is 1.77. The highest BCUT2D eigenvalue weighted by Crippen LogP contribution is 2.14. The van der Waals surface area contributed by atoms with E-state index in [0.717, 1.165) is 24.8 Å². The second-order valence-corrected chi connectivity index (χ2v) is 7.27. The molecule has 2 aromatic carbocycles. The van der Waals surface area contributed by atoms with Crippen molar-refractivity contribution in [2.24, 2.45) is 0 Å². The van der Waals surface area contributed by atoms with Crippen LogP contribution in [0.3, 0.4) is 0 Å². The third-order valence-corrected chi connectivity index (χ3v) is 4.92. The van der Waals surface area contributed by atoms with Gasteiger partial charge in [0, 0.05) is 32.9 Å². The highest BCUT2D eigenvalue weighted by Gasteiger charge is 2.13. The Balaban J connectivity index is 1.22. The van der Waals surface area contributed by atoms with Crippen LogP contribution < -0.4 is 0 Å². The van der Waals surface area contributed by atoms with Crippen molar-refractivity contribution in [3.63, 3.8) is 0 Å². The summed E-state index contributed by atoms with van der Waals surface area (Å²) in [5.41, 5.74) is 3.64. The molecule has 154 valence electrons. The number of amides is 1. The molecule has 0 saturated heterocycles. The van der Waals surface area contributed by atoms with Gasteiger partial charge in [0.1, 0.15) is 11.0 Å². The molecular weight excluding hydrogens is 382 g/mol. The zero-order valence-electron chi connectivity index (χ0n) is 16.8. The van der Waals surface area contributed by atoms with Crippen LogP contribution in [0.2, 0.25) is 0 Å². The van der Waals surface area contributed by atoms with Crippen molar-refractivity contribution < 1.29 is 13.8 Å². The van der Waals surface area contributed by atoms with Gasteiger partial charge in [-0.1, -0.05) is 36.4 Å². The topological polar surface area (TPSA) is 98.2 Å². The SMILES string of the molecule is CN(Cc1ccc2nonc2c1)C(=O)CCc1nnc(CCCc2ccccc2)o1. The average Bonchev–Trinajstić information content (AvgIpc) is 3.41. The Kier molecular flexibility index (Phi) is 6.12. The minimum absolute atomic E-state index is 0.0113. The number of fused-ring (bicyclic) bond motifs is 1. The number of aromatic nitrogens is 4. The molecule has 0 N–H and O–H groups in total. The van der Waals surface area contributed by atoms with E-state index >= 15 is 0 Å². The zero-order chi connectivity index (χ0) is 20.8. The summed E-state index contributed by atoms with van der Waals surface area (Å²) < 4.78 is 10.4. The Bertz CT molecular complexity index is 1110. The first-order chi connectivity index (χ1) is 14.7. The van der Waals surface area contributed by atoms with Crippen LogP contribution >= 0.6 is 0 Å². The van der Waals surface area contributed by atoms with Gasteiger partial charge in [0.25, 0.3) is 0 Å². The predicted octanol–water partition coefficient (Wildman–Crippen LogP) is 3.37. The number of aryl methyl sites for hydroxylation is 3. The van der Waals surface area contributed by atoms with Crippen LogP contribution in [0.15, 0.2) is 57.6 Å². The van der Waals surface area contributed by atoms with E-state index in [-0.39, 0.29) is 5.91 Å². The Morgan fingerprint density at radius 3 is 2.50 bits per heavy atom. The largest absolute Gasteiger partial charge is 0.425 e. The molecule has 1 amide bonds. The van der Waals surface area contributed by atoms with Gasteiger partial charge in [-0.25, -0.2) is 4.63 Å². The van der Waals surface area contributed by atoms with Crippen LogP contribution in [0.25, 0.3) is 11.0 Å². The third kappa shape index (κ3) is 5.08. The monoisotopic (exact) mass is 405 g/mol. The van der Waals surface area contributed by atoms with Crippen LogP contribution in [0.4, 0.5) is 0 Å². The number of carbonyl (C=O) groups is 1. The fraction of sp³-hybridized carbons (Fsp3) is 0.318. The molecule has 2 heterocycles. The van der Waals surface area contributed by atoms with E-state index < -0.39 is 0 Å². The molecule has 0 fully saturated rings. The number of hydrogen-bond acceptors (Lipinski definition) is 7. The van der Waals surface area contributed by atoms with E-state index in [1.54, 1.807) is 11.9 Å². The third-order valence-electron chi connectivity index (χ3n) is 4.92. The molecule has 0 radical (unpaired) electrons. The molecule has 0 atom stereocenters. The molecule has 0 aliphatic rings. The first-order valence-corrected chi connectivity index (χ1v) is 9.98. The molecule has 0 bridgehead atoms. The fourth-order valence-corrected chi connectivity index (χ4v) is 3.27. The minimum atomic E-state index is 0.0113. The van der Waals surface area contributed by atoms with Crippen LogP contribution in [-0.4, -0.2) is 38.4 Å². The van der Waals surface area contributed by atoms with Crippen molar-refractivity contribution in [2.75, 3.05) is 7.05 Å². The Labute approximate surface area is 173 Å². The van der Waals surface area contributed by atoms with Gasteiger partial charge in [-0.05, 0) is 46.4 Å². The van der Waals surface area contributed by atoms with Crippen LogP contribution in [0.1, 0.15) is 35.7 Å². The average molecular weight is 405 g/mol. The van der Waals surface area contributed by atoms with Gasteiger partial charge >= 0.3 is 0 Å². The number of hydrogen-bond donors (Lipinski definition) is 0. The normalized spacial score (nSPS) is 11.1. The van der Waals surface area contributed by atoms with Crippen molar-refractivity contribution >= 4 is 16.9 Å². The van der Waals surface area contributed by atoms with Gasteiger partial charge in [-0.15, -0.1) is 10.2 Å². The first kappa shape index (κ1) is 19.8. The lowest BCUT2D eigenvalue weighted by Crippen LogP contribution is -2.26. The highest BCUT2D eigenvalue weighted by atomic mass is 16.6. The van der Waals surface area contributed by atoms with E-state index in [4.69, 9.17) is 9.05 Å². The molecule has 0 saturated carbocycles. The Morgan fingerprint density at radius 2 is 1.67 bits per heavy atom. The van der Waals surface area contributed by atoms with Crippen LogP contribution in [-0.2, 0) is 30.6 Å². The Morgan fingerprint density at radius 1 is 0.900 bits per heavy atom. The Hall–Kier alpha value is -3.55. The van der Waals surface area contributed by atoms with Gasteiger partial charge in [0.2, 0.25) is 17.7 Å². The molecule has 0 aliphatic carbocycles. The molecule has 4 rings (SSSR count). The van der Waals surface area contributed by atoms with Crippen LogP contribution in [0.5, 0.6) is 0 Å². The maximum Gasteiger partial charge on any atom is 0.223 e. The summed E-state index contributed by atoms with van der Waals surface area (Å²) in [4.78, 5) is 14.1. The summed E-state index contributed by atoms with van der Waals surface area (Å²) >= 11 is 0. The number of carbonyl (C=O) groups excluding carboxylic acids is 1.